The number of hydrogen-bond donors (Lipinski definition) is 0. The first kappa shape index (κ1) is 14.5. The summed E-state index contributed by atoms with van der Waals surface area (Å²) >= 11 is 3.49. The topological polar surface area (TPSA) is 9.23 Å². The highest BCUT2D eigenvalue weighted by Gasteiger charge is 2.24. The highest BCUT2D eigenvalue weighted by atomic mass is 79.9. The van der Waals surface area contributed by atoms with Crippen molar-refractivity contribution in [2.75, 3.05) is 11.9 Å². The molecular formula is C14H27BrO. The second kappa shape index (κ2) is 7.71. The molecule has 1 aliphatic carbocycles. The number of halogens is 1. The minimum absolute atomic E-state index is 0.544. The van der Waals surface area contributed by atoms with Gasteiger partial charge in [-0.05, 0) is 49.9 Å². The van der Waals surface area contributed by atoms with Crippen LogP contribution in [-0.2, 0) is 4.74 Å². The first-order valence-corrected chi connectivity index (χ1v) is 7.93. The van der Waals surface area contributed by atoms with Gasteiger partial charge in [-0.1, -0.05) is 36.7 Å². The third-order valence-corrected chi connectivity index (χ3v) is 4.57. The molecular weight excluding hydrogens is 264 g/mol. The number of hydrogen-bond acceptors (Lipinski definition) is 1. The molecule has 0 radical (unpaired) electrons. The van der Waals surface area contributed by atoms with Gasteiger partial charge in [0.2, 0.25) is 0 Å². The first-order valence-electron chi connectivity index (χ1n) is 6.81. The highest BCUT2D eigenvalue weighted by molar-refractivity contribution is 9.09. The van der Waals surface area contributed by atoms with E-state index in [1.54, 1.807) is 0 Å². The molecule has 1 nitrogen and oxygen atoms in total. The van der Waals surface area contributed by atoms with E-state index in [2.05, 4.69) is 36.7 Å². The minimum Gasteiger partial charge on any atom is -0.378 e. The number of ether oxygens (including phenoxy) is 1. The molecule has 4 atom stereocenters. The molecule has 0 amide bonds. The zero-order valence-electron chi connectivity index (χ0n) is 11.0. The van der Waals surface area contributed by atoms with Crippen LogP contribution in [0.1, 0.15) is 52.9 Å². The summed E-state index contributed by atoms with van der Waals surface area (Å²) in [7, 11) is 0. The zero-order valence-corrected chi connectivity index (χ0v) is 12.6. The quantitative estimate of drug-likeness (QED) is 0.648. The van der Waals surface area contributed by atoms with Crippen molar-refractivity contribution in [3.63, 3.8) is 0 Å². The van der Waals surface area contributed by atoms with Crippen molar-refractivity contribution in [1.82, 2.24) is 0 Å². The Morgan fingerprint density at radius 3 is 2.56 bits per heavy atom. The van der Waals surface area contributed by atoms with Gasteiger partial charge in [0.15, 0.2) is 0 Å². The van der Waals surface area contributed by atoms with Crippen LogP contribution < -0.4 is 0 Å². The normalized spacial score (nSPS) is 32.6. The second-order valence-corrected chi connectivity index (χ2v) is 6.42. The molecule has 0 bridgehead atoms. The number of alkyl halides is 1. The smallest absolute Gasteiger partial charge is 0.0577 e. The van der Waals surface area contributed by atoms with Crippen LogP contribution in [0.25, 0.3) is 0 Å². The lowest BCUT2D eigenvalue weighted by Gasteiger charge is -2.32. The van der Waals surface area contributed by atoms with E-state index in [9.17, 15) is 0 Å². The minimum atomic E-state index is 0.544. The molecule has 16 heavy (non-hydrogen) atoms. The van der Waals surface area contributed by atoms with E-state index in [1.807, 2.05) is 0 Å². The summed E-state index contributed by atoms with van der Waals surface area (Å²) < 4.78 is 6.00. The highest BCUT2D eigenvalue weighted by Crippen LogP contribution is 2.31. The van der Waals surface area contributed by atoms with Gasteiger partial charge in [-0.2, -0.15) is 0 Å². The maximum Gasteiger partial charge on any atom is 0.0577 e. The van der Waals surface area contributed by atoms with Crippen LogP contribution in [-0.4, -0.2) is 18.0 Å². The van der Waals surface area contributed by atoms with Crippen molar-refractivity contribution in [3.05, 3.63) is 0 Å². The van der Waals surface area contributed by atoms with Crippen LogP contribution in [0.4, 0.5) is 0 Å². The van der Waals surface area contributed by atoms with Crippen molar-refractivity contribution >= 4 is 15.9 Å². The Balaban J connectivity index is 2.09. The predicted molar refractivity (Wildman–Crippen MR) is 74.1 cm³/mol. The molecule has 1 aliphatic rings. The van der Waals surface area contributed by atoms with Crippen LogP contribution >= 0.6 is 15.9 Å². The van der Waals surface area contributed by atoms with E-state index in [4.69, 9.17) is 4.74 Å². The van der Waals surface area contributed by atoms with Crippen molar-refractivity contribution in [2.24, 2.45) is 17.8 Å². The molecule has 0 spiro atoms. The van der Waals surface area contributed by atoms with Gasteiger partial charge in [-0.15, -0.1) is 0 Å². The van der Waals surface area contributed by atoms with Crippen molar-refractivity contribution in [1.29, 1.82) is 0 Å². The summed E-state index contributed by atoms with van der Waals surface area (Å²) in [6.07, 6.45) is 6.92. The van der Waals surface area contributed by atoms with E-state index in [-0.39, 0.29) is 0 Å². The molecule has 1 saturated carbocycles. The maximum absolute atomic E-state index is 6.00. The summed E-state index contributed by atoms with van der Waals surface area (Å²) in [5, 5.41) is 1.12. The van der Waals surface area contributed by atoms with Crippen molar-refractivity contribution in [2.45, 2.75) is 59.0 Å². The predicted octanol–water partition coefficient (Wildman–Crippen LogP) is 4.64. The fourth-order valence-corrected chi connectivity index (χ4v) is 3.20. The number of rotatable bonds is 6. The summed E-state index contributed by atoms with van der Waals surface area (Å²) in [6.45, 7) is 8.02. The lowest BCUT2D eigenvalue weighted by molar-refractivity contribution is -0.00229. The Hall–Kier alpha value is 0.440. The van der Waals surface area contributed by atoms with E-state index in [0.717, 1.165) is 29.7 Å². The van der Waals surface area contributed by atoms with Crippen LogP contribution in [0, 0.1) is 17.8 Å². The summed E-state index contributed by atoms with van der Waals surface area (Å²) in [5.41, 5.74) is 0. The molecule has 0 aromatic carbocycles. The van der Waals surface area contributed by atoms with Gasteiger partial charge in [-0.3, -0.25) is 0 Å². The van der Waals surface area contributed by atoms with Crippen molar-refractivity contribution < 1.29 is 4.74 Å². The Kier molecular flexibility index (Phi) is 6.98. The van der Waals surface area contributed by atoms with Gasteiger partial charge >= 0.3 is 0 Å². The van der Waals surface area contributed by atoms with E-state index in [1.165, 1.54) is 32.1 Å². The molecule has 0 N–H and O–H groups in total. The van der Waals surface area contributed by atoms with Gasteiger partial charge in [0.05, 0.1) is 6.10 Å². The van der Waals surface area contributed by atoms with Crippen LogP contribution in [0.2, 0.25) is 0 Å². The third-order valence-electron chi connectivity index (χ3n) is 4.12. The molecule has 0 heterocycles. The molecule has 0 saturated heterocycles. The average molecular weight is 291 g/mol. The largest absolute Gasteiger partial charge is 0.378 e. The SMILES string of the molecule is CC(CCBr)CCOC1CCC(C)C(C)C1. The first-order chi connectivity index (χ1) is 7.63. The van der Waals surface area contributed by atoms with Gasteiger partial charge in [0.1, 0.15) is 0 Å². The summed E-state index contributed by atoms with van der Waals surface area (Å²) in [6, 6.07) is 0. The monoisotopic (exact) mass is 290 g/mol. The summed E-state index contributed by atoms with van der Waals surface area (Å²) in [4.78, 5) is 0. The van der Waals surface area contributed by atoms with Crippen LogP contribution in [0.3, 0.4) is 0 Å². The molecule has 0 aliphatic heterocycles. The molecule has 2 heteroatoms. The molecule has 4 unspecified atom stereocenters. The summed E-state index contributed by atoms with van der Waals surface area (Å²) in [5.74, 6) is 2.53. The van der Waals surface area contributed by atoms with E-state index in [0.29, 0.717) is 6.10 Å². The molecule has 96 valence electrons. The Labute approximate surface area is 109 Å². The van der Waals surface area contributed by atoms with Crippen LogP contribution in [0.5, 0.6) is 0 Å². The molecule has 0 aromatic heterocycles. The van der Waals surface area contributed by atoms with Crippen molar-refractivity contribution in [3.8, 4) is 0 Å². The average Bonchev–Trinajstić information content (AvgIpc) is 2.24. The standard InChI is InChI=1S/C14H27BrO/c1-11(6-8-15)7-9-16-14-5-4-12(2)13(3)10-14/h11-14H,4-10H2,1-3H3. The van der Waals surface area contributed by atoms with Gasteiger partial charge < -0.3 is 4.74 Å². The Morgan fingerprint density at radius 1 is 1.19 bits per heavy atom. The van der Waals surface area contributed by atoms with Gasteiger partial charge in [0.25, 0.3) is 0 Å². The lowest BCUT2D eigenvalue weighted by Crippen LogP contribution is -2.27. The fourth-order valence-electron chi connectivity index (χ4n) is 2.42. The second-order valence-electron chi connectivity index (χ2n) is 5.63. The molecule has 0 aromatic rings. The van der Waals surface area contributed by atoms with E-state index >= 15 is 0 Å². The molecule has 1 fully saturated rings. The fraction of sp³-hybridized carbons (Fsp3) is 1.00. The zero-order chi connectivity index (χ0) is 12.0. The Bertz CT molecular complexity index is 184. The molecule has 1 rings (SSSR count). The van der Waals surface area contributed by atoms with Gasteiger partial charge in [0, 0.05) is 11.9 Å². The van der Waals surface area contributed by atoms with E-state index < -0.39 is 0 Å². The maximum atomic E-state index is 6.00. The van der Waals surface area contributed by atoms with Crippen LogP contribution in [0.15, 0.2) is 0 Å². The van der Waals surface area contributed by atoms with Gasteiger partial charge in [-0.25, -0.2) is 0 Å². The lowest BCUT2D eigenvalue weighted by atomic mass is 9.80. The third kappa shape index (κ3) is 5.18. The Morgan fingerprint density at radius 2 is 1.94 bits per heavy atom.